The Hall–Kier alpha value is -2.97. The number of benzene rings is 2. The van der Waals surface area contributed by atoms with Crippen LogP contribution in [-0.4, -0.2) is 31.9 Å². The average molecular weight is 429 g/mol. The molecule has 4 rings (SSSR count). The lowest BCUT2D eigenvalue weighted by molar-refractivity contribution is 0.213. The Kier molecular flexibility index (Phi) is 5.44. The van der Waals surface area contributed by atoms with Crippen LogP contribution in [-0.2, 0) is 10.0 Å². The summed E-state index contributed by atoms with van der Waals surface area (Å²) < 4.78 is 51.1. The molecule has 0 unspecified atom stereocenters. The van der Waals surface area contributed by atoms with Crippen LogP contribution in [0.25, 0.3) is 11.1 Å². The second kappa shape index (κ2) is 8.04. The van der Waals surface area contributed by atoms with Gasteiger partial charge in [-0.05, 0) is 48.7 Å². The summed E-state index contributed by atoms with van der Waals surface area (Å²) in [6.07, 6.45) is 0.172. The second-order valence-corrected chi connectivity index (χ2v) is 9.08. The predicted molar refractivity (Wildman–Crippen MR) is 109 cm³/mol. The molecular formula is C22H20FNO5S. The lowest BCUT2D eigenvalue weighted by Crippen LogP contribution is -2.31. The molecule has 1 saturated heterocycles. The van der Waals surface area contributed by atoms with Crippen molar-refractivity contribution in [2.45, 2.75) is 24.3 Å². The molecule has 1 atom stereocenters. The third-order valence-corrected chi connectivity index (χ3v) is 6.83. The molecule has 0 radical (unpaired) electrons. The first-order valence-electron chi connectivity index (χ1n) is 9.46. The third-order valence-electron chi connectivity index (χ3n) is 4.95. The summed E-state index contributed by atoms with van der Waals surface area (Å²) in [6, 6.07) is 15.4. The summed E-state index contributed by atoms with van der Waals surface area (Å²) in [6.45, 7) is 2.17. The monoisotopic (exact) mass is 429 g/mol. The maximum Gasteiger partial charge on any atom is 0.339 e. The summed E-state index contributed by atoms with van der Waals surface area (Å²) in [4.78, 5) is 11.7. The second-order valence-electron chi connectivity index (χ2n) is 7.15. The molecule has 2 heterocycles. The number of halogens is 1. The van der Waals surface area contributed by atoms with Crippen LogP contribution in [0.15, 0.2) is 74.8 Å². The van der Waals surface area contributed by atoms with E-state index in [0.717, 1.165) is 11.1 Å². The number of rotatable bonds is 5. The molecule has 0 aliphatic carbocycles. The summed E-state index contributed by atoms with van der Waals surface area (Å²) >= 11 is 0. The number of aryl methyl sites for hydroxylation is 1. The van der Waals surface area contributed by atoms with E-state index >= 15 is 0 Å². The van der Waals surface area contributed by atoms with Crippen LogP contribution in [0.2, 0.25) is 0 Å². The molecule has 30 heavy (non-hydrogen) atoms. The van der Waals surface area contributed by atoms with Crippen LogP contribution < -0.4 is 10.4 Å². The maximum absolute atomic E-state index is 13.1. The molecule has 6 nitrogen and oxygen atoms in total. The molecule has 156 valence electrons. The highest BCUT2D eigenvalue weighted by Gasteiger charge is 2.33. The van der Waals surface area contributed by atoms with Crippen LogP contribution in [0.5, 0.6) is 5.75 Å². The van der Waals surface area contributed by atoms with Gasteiger partial charge >= 0.3 is 5.63 Å². The number of hydrogen-bond acceptors (Lipinski definition) is 5. The van der Waals surface area contributed by atoms with E-state index in [1.165, 1.54) is 22.5 Å². The summed E-state index contributed by atoms with van der Waals surface area (Å²) in [7, 11) is -3.67. The highest BCUT2D eigenvalue weighted by Crippen LogP contribution is 2.26. The molecule has 1 aliphatic rings. The average Bonchev–Trinajstić information content (AvgIpc) is 3.17. The Balaban J connectivity index is 1.47. The van der Waals surface area contributed by atoms with Crippen molar-refractivity contribution in [1.29, 1.82) is 0 Å². The van der Waals surface area contributed by atoms with E-state index in [1.54, 1.807) is 49.4 Å². The molecule has 1 fully saturated rings. The van der Waals surface area contributed by atoms with E-state index in [-0.39, 0.29) is 23.4 Å². The quantitative estimate of drug-likeness (QED) is 0.619. The summed E-state index contributed by atoms with van der Waals surface area (Å²) in [5, 5.41) is 0. The van der Waals surface area contributed by atoms with Gasteiger partial charge < -0.3 is 9.15 Å². The van der Waals surface area contributed by atoms with E-state index in [4.69, 9.17) is 9.15 Å². The van der Waals surface area contributed by atoms with Crippen LogP contribution in [0.3, 0.4) is 0 Å². The van der Waals surface area contributed by atoms with Crippen molar-refractivity contribution < 1.29 is 22.0 Å². The van der Waals surface area contributed by atoms with Crippen molar-refractivity contribution in [3.05, 3.63) is 82.7 Å². The standard InChI is InChI=1S/C22H20FNO5S/c1-15-12-20(13-22(25)28-15)29-19-10-11-24(14-19)30(26,27)21-8-4-17(5-9-21)16-2-6-18(23)7-3-16/h2-9,12-13,19H,10-11,14H2,1H3/t19-/m0/s1. The fourth-order valence-corrected chi connectivity index (χ4v) is 4.95. The Morgan fingerprint density at radius 1 is 1.03 bits per heavy atom. The highest BCUT2D eigenvalue weighted by molar-refractivity contribution is 7.89. The van der Waals surface area contributed by atoms with Gasteiger partial charge in [0.1, 0.15) is 23.4 Å². The topological polar surface area (TPSA) is 76.8 Å². The lowest BCUT2D eigenvalue weighted by atomic mass is 10.1. The van der Waals surface area contributed by atoms with Crippen molar-refractivity contribution in [2.24, 2.45) is 0 Å². The van der Waals surface area contributed by atoms with Gasteiger partial charge in [0, 0.05) is 12.6 Å². The minimum atomic E-state index is -3.67. The number of hydrogen-bond donors (Lipinski definition) is 0. The summed E-state index contributed by atoms with van der Waals surface area (Å²) in [5.74, 6) is 0.480. The fourth-order valence-electron chi connectivity index (χ4n) is 3.46. The normalized spacial score (nSPS) is 17.2. The molecule has 1 aliphatic heterocycles. The lowest BCUT2D eigenvalue weighted by Gasteiger charge is -2.17. The van der Waals surface area contributed by atoms with Gasteiger partial charge in [-0.3, -0.25) is 0 Å². The minimum Gasteiger partial charge on any atom is -0.489 e. The molecule has 8 heteroatoms. The van der Waals surface area contributed by atoms with Gasteiger partial charge in [-0.15, -0.1) is 0 Å². The molecule has 0 saturated carbocycles. The SMILES string of the molecule is Cc1cc(O[C@H]2CCN(S(=O)(=O)c3ccc(-c4ccc(F)cc4)cc3)C2)cc(=O)o1. The van der Waals surface area contributed by atoms with Gasteiger partial charge in [-0.2, -0.15) is 4.31 Å². The molecule has 0 bridgehead atoms. The van der Waals surface area contributed by atoms with Gasteiger partial charge in [-0.25, -0.2) is 17.6 Å². The first-order chi connectivity index (χ1) is 14.3. The molecule has 0 amide bonds. The zero-order valence-electron chi connectivity index (χ0n) is 16.2. The van der Waals surface area contributed by atoms with E-state index in [9.17, 15) is 17.6 Å². The number of nitrogens with zero attached hydrogens (tertiary/aromatic N) is 1. The van der Waals surface area contributed by atoms with Gasteiger partial charge in [0.05, 0.1) is 17.5 Å². The van der Waals surface area contributed by atoms with E-state index in [0.29, 0.717) is 24.5 Å². The van der Waals surface area contributed by atoms with Crippen LogP contribution >= 0.6 is 0 Å². The van der Waals surface area contributed by atoms with Gasteiger partial charge in [0.25, 0.3) is 0 Å². The van der Waals surface area contributed by atoms with Crippen LogP contribution in [0.4, 0.5) is 4.39 Å². The third kappa shape index (κ3) is 4.29. The van der Waals surface area contributed by atoms with Gasteiger partial charge in [-0.1, -0.05) is 24.3 Å². The molecule has 3 aromatic rings. The minimum absolute atomic E-state index is 0.185. The molecule has 0 N–H and O–H groups in total. The predicted octanol–water partition coefficient (Wildman–Crippen LogP) is 3.60. The Bertz CT molecular complexity index is 1200. The zero-order valence-corrected chi connectivity index (χ0v) is 17.1. The Labute approximate surface area is 173 Å². The first kappa shape index (κ1) is 20.3. The van der Waals surface area contributed by atoms with Crippen molar-refractivity contribution in [3.8, 4) is 16.9 Å². The van der Waals surface area contributed by atoms with E-state index in [2.05, 4.69) is 0 Å². The van der Waals surface area contributed by atoms with Crippen molar-refractivity contribution in [3.63, 3.8) is 0 Å². The van der Waals surface area contributed by atoms with E-state index in [1.807, 2.05) is 0 Å². The van der Waals surface area contributed by atoms with E-state index < -0.39 is 15.6 Å². The number of sulfonamides is 1. The molecular weight excluding hydrogens is 409 g/mol. The zero-order chi connectivity index (χ0) is 21.3. The van der Waals surface area contributed by atoms with Crippen molar-refractivity contribution >= 4 is 10.0 Å². The molecule has 1 aromatic heterocycles. The smallest absolute Gasteiger partial charge is 0.339 e. The summed E-state index contributed by atoms with van der Waals surface area (Å²) in [5.41, 5.74) is 1.10. The first-order valence-corrected chi connectivity index (χ1v) is 10.9. The Morgan fingerprint density at radius 2 is 1.67 bits per heavy atom. The largest absolute Gasteiger partial charge is 0.489 e. The van der Waals surface area contributed by atoms with Gasteiger partial charge in [0.2, 0.25) is 10.0 Å². The van der Waals surface area contributed by atoms with Gasteiger partial charge in [0.15, 0.2) is 0 Å². The fraction of sp³-hybridized carbons (Fsp3) is 0.227. The van der Waals surface area contributed by atoms with Crippen molar-refractivity contribution in [1.82, 2.24) is 4.31 Å². The molecule has 2 aromatic carbocycles. The molecule has 0 spiro atoms. The number of ether oxygens (including phenoxy) is 1. The highest BCUT2D eigenvalue weighted by atomic mass is 32.2. The Morgan fingerprint density at radius 3 is 2.30 bits per heavy atom. The van der Waals surface area contributed by atoms with Crippen LogP contribution in [0.1, 0.15) is 12.2 Å². The van der Waals surface area contributed by atoms with Crippen LogP contribution in [0, 0.1) is 12.7 Å². The maximum atomic E-state index is 13.1. The van der Waals surface area contributed by atoms with Crippen molar-refractivity contribution in [2.75, 3.05) is 13.1 Å².